The van der Waals surface area contributed by atoms with E-state index in [0.717, 1.165) is 29.1 Å². The van der Waals surface area contributed by atoms with Crippen LogP contribution in [0.5, 0.6) is 0 Å². The molecule has 2 rings (SSSR count). The fourth-order valence-electron chi connectivity index (χ4n) is 2.69. The predicted octanol–water partition coefficient (Wildman–Crippen LogP) is 2.52. The van der Waals surface area contributed by atoms with Gasteiger partial charge in [-0.2, -0.15) is 0 Å². The topological polar surface area (TPSA) is 62.6 Å². The van der Waals surface area contributed by atoms with E-state index in [9.17, 15) is 9.59 Å². The standard InChI is InChI=1S/C20H24ClN3O2/c1-3-12-24(13-19(25)22-17-10-8-16(21)9-11-17)14-20(26)23-18-7-5-4-6-15(18)2/h4-11H,3,12-14H2,1-2H3,(H,22,25)(H,23,26)/p+1. The van der Waals surface area contributed by atoms with Crippen molar-refractivity contribution in [2.75, 3.05) is 30.3 Å². The van der Waals surface area contributed by atoms with Gasteiger partial charge in [-0.3, -0.25) is 9.59 Å². The zero-order valence-corrected chi connectivity index (χ0v) is 15.9. The van der Waals surface area contributed by atoms with Crippen LogP contribution in [0.4, 0.5) is 11.4 Å². The largest absolute Gasteiger partial charge is 0.321 e. The fraction of sp³-hybridized carbons (Fsp3) is 0.300. The average molecular weight is 375 g/mol. The molecule has 2 aromatic rings. The van der Waals surface area contributed by atoms with Gasteiger partial charge in [-0.15, -0.1) is 0 Å². The molecule has 0 bridgehead atoms. The Hall–Kier alpha value is -2.37. The summed E-state index contributed by atoms with van der Waals surface area (Å²) in [6, 6.07) is 14.6. The number of para-hydroxylation sites is 1. The Bertz CT molecular complexity index is 747. The van der Waals surface area contributed by atoms with E-state index >= 15 is 0 Å². The Kier molecular flexibility index (Phi) is 7.63. The van der Waals surface area contributed by atoms with Crippen LogP contribution in [-0.4, -0.2) is 31.4 Å². The van der Waals surface area contributed by atoms with Crippen molar-refractivity contribution < 1.29 is 14.5 Å². The molecule has 1 atom stereocenters. The van der Waals surface area contributed by atoms with Gasteiger partial charge in [0.2, 0.25) is 0 Å². The van der Waals surface area contributed by atoms with Crippen LogP contribution in [0.15, 0.2) is 48.5 Å². The lowest BCUT2D eigenvalue weighted by Crippen LogP contribution is -3.14. The third kappa shape index (κ3) is 6.50. The van der Waals surface area contributed by atoms with Crippen molar-refractivity contribution >= 4 is 34.8 Å². The molecule has 0 fully saturated rings. The monoisotopic (exact) mass is 374 g/mol. The van der Waals surface area contributed by atoms with Crippen LogP contribution in [0.25, 0.3) is 0 Å². The van der Waals surface area contributed by atoms with E-state index in [1.165, 1.54) is 0 Å². The van der Waals surface area contributed by atoms with Gasteiger partial charge >= 0.3 is 0 Å². The second-order valence-electron chi connectivity index (χ2n) is 6.27. The summed E-state index contributed by atoms with van der Waals surface area (Å²) in [7, 11) is 0. The molecule has 26 heavy (non-hydrogen) atoms. The number of hydrogen-bond donors (Lipinski definition) is 3. The Morgan fingerprint density at radius 2 is 1.58 bits per heavy atom. The highest BCUT2D eigenvalue weighted by atomic mass is 35.5. The van der Waals surface area contributed by atoms with E-state index in [-0.39, 0.29) is 24.9 Å². The van der Waals surface area contributed by atoms with Crippen LogP contribution < -0.4 is 15.5 Å². The number of amides is 2. The molecule has 0 saturated heterocycles. The zero-order valence-electron chi connectivity index (χ0n) is 15.1. The number of rotatable bonds is 8. The summed E-state index contributed by atoms with van der Waals surface area (Å²) in [4.78, 5) is 25.6. The van der Waals surface area contributed by atoms with E-state index in [4.69, 9.17) is 11.6 Å². The van der Waals surface area contributed by atoms with Gasteiger partial charge in [0.15, 0.2) is 13.1 Å². The molecule has 0 aliphatic heterocycles. The lowest BCUT2D eigenvalue weighted by Gasteiger charge is -2.18. The SMILES string of the molecule is CCC[NH+](CC(=O)Nc1ccc(Cl)cc1)CC(=O)Nc1ccccc1C. The van der Waals surface area contributed by atoms with E-state index in [1.807, 2.05) is 38.1 Å². The van der Waals surface area contributed by atoms with E-state index in [1.54, 1.807) is 24.3 Å². The van der Waals surface area contributed by atoms with Gasteiger partial charge in [-0.05, 0) is 49.2 Å². The molecule has 2 amide bonds. The maximum absolute atomic E-state index is 12.3. The highest BCUT2D eigenvalue weighted by molar-refractivity contribution is 6.30. The molecular weight excluding hydrogens is 350 g/mol. The second kappa shape index (κ2) is 9.94. The van der Waals surface area contributed by atoms with Crippen LogP contribution in [0.1, 0.15) is 18.9 Å². The molecule has 0 saturated carbocycles. The first-order valence-corrected chi connectivity index (χ1v) is 9.10. The van der Waals surface area contributed by atoms with Crippen molar-refractivity contribution in [3.8, 4) is 0 Å². The normalized spacial score (nSPS) is 11.7. The van der Waals surface area contributed by atoms with Crippen molar-refractivity contribution in [3.63, 3.8) is 0 Å². The number of carbonyl (C=O) groups is 2. The van der Waals surface area contributed by atoms with Crippen molar-refractivity contribution in [3.05, 3.63) is 59.1 Å². The molecule has 3 N–H and O–H groups in total. The Morgan fingerprint density at radius 1 is 0.962 bits per heavy atom. The van der Waals surface area contributed by atoms with Gasteiger partial charge in [0.05, 0.1) is 6.54 Å². The van der Waals surface area contributed by atoms with E-state index in [2.05, 4.69) is 10.6 Å². The quantitative estimate of drug-likeness (QED) is 0.664. The molecule has 0 spiro atoms. The van der Waals surface area contributed by atoms with Crippen LogP contribution in [0.2, 0.25) is 5.02 Å². The third-order valence-electron chi connectivity index (χ3n) is 3.97. The van der Waals surface area contributed by atoms with Gasteiger partial charge in [0.1, 0.15) is 0 Å². The Morgan fingerprint density at radius 3 is 2.19 bits per heavy atom. The zero-order chi connectivity index (χ0) is 18.9. The molecule has 5 nitrogen and oxygen atoms in total. The van der Waals surface area contributed by atoms with E-state index < -0.39 is 0 Å². The van der Waals surface area contributed by atoms with Gasteiger partial charge in [-0.25, -0.2) is 0 Å². The van der Waals surface area contributed by atoms with Crippen LogP contribution in [-0.2, 0) is 9.59 Å². The molecular formula is C20H25ClN3O2+. The van der Waals surface area contributed by atoms with Gasteiger partial charge in [0.25, 0.3) is 11.8 Å². The molecule has 138 valence electrons. The third-order valence-corrected chi connectivity index (χ3v) is 4.22. The minimum Gasteiger partial charge on any atom is -0.321 e. The first-order valence-electron chi connectivity index (χ1n) is 8.72. The minimum atomic E-state index is -0.125. The molecule has 0 radical (unpaired) electrons. The summed E-state index contributed by atoms with van der Waals surface area (Å²) in [5, 5.41) is 6.38. The smallest absolute Gasteiger partial charge is 0.279 e. The Labute approximate surface area is 159 Å². The molecule has 0 heterocycles. The first kappa shape index (κ1) is 19.9. The van der Waals surface area contributed by atoms with Crippen LogP contribution >= 0.6 is 11.6 Å². The second-order valence-corrected chi connectivity index (χ2v) is 6.71. The minimum absolute atomic E-state index is 0.0953. The molecule has 0 aliphatic carbocycles. The molecule has 1 unspecified atom stereocenters. The Balaban J connectivity index is 1.90. The van der Waals surface area contributed by atoms with Crippen LogP contribution in [0.3, 0.4) is 0 Å². The first-order chi connectivity index (χ1) is 12.5. The maximum Gasteiger partial charge on any atom is 0.279 e. The van der Waals surface area contributed by atoms with Gasteiger partial charge < -0.3 is 15.5 Å². The van der Waals surface area contributed by atoms with Crippen LogP contribution in [0, 0.1) is 6.92 Å². The van der Waals surface area contributed by atoms with Crippen molar-refractivity contribution in [2.45, 2.75) is 20.3 Å². The highest BCUT2D eigenvalue weighted by Gasteiger charge is 2.18. The molecule has 0 aliphatic rings. The van der Waals surface area contributed by atoms with Crippen molar-refractivity contribution in [1.29, 1.82) is 0 Å². The summed E-state index contributed by atoms with van der Waals surface area (Å²) in [5.74, 6) is -0.221. The maximum atomic E-state index is 12.3. The van der Waals surface area contributed by atoms with Crippen molar-refractivity contribution in [2.24, 2.45) is 0 Å². The number of quaternary nitrogens is 1. The summed E-state index contributed by atoms with van der Waals surface area (Å²) < 4.78 is 0. The number of aryl methyl sites for hydroxylation is 1. The lowest BCUT2D eigenvalue weighted by molar-refractivity contribution is -0.883. The number of hydrogen-bond acceptors (Lipinski definition) is 2. The van der Waals surface area contributed by atoms with E-state index in [0.29, 0.717) is 10.7 Å². The fourth-order valence-corrected chi connectivity index (χ4v) is 2.82. The number of nitrogens with one attached hydrogen (secondary N) is 3. The number of benzene rings is 2. The number of carbonyl (C=O) groups excluding carboxylic acids is 2. The average Bonchev–Trinajstić information content (AvgIpc) is 2.59. The van der Waals surface area contributed by atoms with Gasteiger partial charge in [0, 0.05) is 16.4 Å². The summed E-state index contributed by atoms with van der Waals surface area (Å²) in [6.07, 6.45) is 0.890. The predicted molar refractivity (Wildman–Crippen MR) is 106 cm³/mol. The number of halogens is 1. The summed E-state index contributed by atoms with van der Waals surface area (Å²) in [5.41, 5.74) is 2.51. The molecule has 0 aromatic heterocycles. The lowest BCUT2D eigenvalue weighted by atomic mass is 10.2. The van der Waals surface area contributed by atoms with Gasteiger partial charge in [-0.1, -0.05) is 36.7 Å². The highest BCUT2D eigenvalue weighted by Crippen LogP contribution is 2.13. The summed E-state index contributed by atoms with van der Waals surface area (Å²) >= 11 is 5.85. The molecule has 6 heteroatoms. The molecule has 2 aromatic carbocycles. The van der Waals surface area contributed by atoms with Crippen molar-refractivity contribution in [1.82, 2.24) is 0 Å². The number of anilines is 2. The summed E-state index contributed by atoms with van der Waals surface area (Å²) in [6.45, 7) is 5.21.